The van der Waals surface area contributed by atoms with Crippen molar-refractivity contribution >= 4 is 11.7 Å². The fourth-order valence-corrected chi connectivity index (χ4v) is 3.20. The number of nitrogens with zero attached hydrogens (tertiary/aromatic N) is 2. The van der Waals surface area contributed by atoms with E-state index in [2.05, 4.69) is 4.90 Å². The first-order chi connectivity index (χ1) is 10.9. The molecular weight excluding hydrogens is 309 g/mol. The summed E-state index contributed by atoms with van der Waals surface area (Å²) in [6, 6.07) is 5.22. The maximum atomic E-state index is 12.8. The first-order valence-corrected chi connectivity index (χ1v) is 7.78. The second-order valence-corrected chi connectivity index (χ2v) is 5.90. The van der Waals surface area contributed by atoms with Crippen molar-refractivity contribution in [1.82, 2.24) is 4.90 Å². The van der Waals surface area contributed by atoms with E-state index in [1.54, 1.807) is 6.07 Å². The summed E-state index contributed by atoms with van der Waals surface area (Å²) in [7, 11) is 0. The van der Waals surface area contributed by atoms with E-state index < -0.39 is 11.7 Å². The maximum Gasteiger partial charge on any atom is 0.416 e. The largest absolute Gasteiger partial charge is 0.464 e. The lowest BCUT2D eigenvalue weighted by atomic mass is 10.1. The van der Waals surface area contributed by atoms with Crippen LogP contribution in [-0.4, -0.2) is 49.7 Å². The number of carbonyl (C=O) groups is 1. The van der Waals surface area contributed by atoms with Crippen molar-refractivity contribution in [1.29, 1.82) is 0 Å². The molecular formula is C16H19F3N2O2. The van der Waals surface area contributed by atoms with Crippen LogP contribution >= 0.6 is 0 Å². The average molecular weight is 328 g/mol. The van der Waals surface area contributed by atoms with E-state index in [-0.39, 0.29) is 12.0 Å². The Bertz CT molecular complexity index is 577. The van der Waals surface area contributed by atoms with Gasteiger partial charge in [-0.2, -0.15) is 13.2 Å². The summed E-state index contributed by atoms with van der Waals surface area (Å²) in [5.74, 6) is -0.183. The lowest BCUT2D eigenvalue weighted by molar-refractivity contribution is -0.142. The van der Waals surface area contributed by atoms with Gasteiger partial charge >= 0.3 is 12.1 Å². The molecule has 2 fully saturated rings. The van der Waals surface area contributed by atoms with Crippen LogP contribution in [0, 0.1) is 0 Å². The number of anilines is 1. The SMILES string of the molecule is O=C1OCC[C@@H]1N1CCCN(c2cccc(C(F)(F)F)c2)CC1. The number of benzene rings is 1. The molecule has 1 aromatic rings. The summed E-state index contributed by atoms with van der Waals surface area (Å²) in [6.07, 6.45) is -2.83. The minimum atomic E-state index is -4.33. The van der Waals surface area contributed by atoms with Crippen LogP contribution < -0.4 is 4.90 Å². The summed E-state index contributed by atoms with van der Waals surface area (Å²) in [6.45, 7) is 3.15. The molecule has 0 spiro atoms. The van der Waals surface area contributed by atoms with Crippen LogP contribution in [-0.2, 0) is 15.7 Å². The van der Waals surface area contributed by atoms with E-state index in [1.807, 2.05) is 4.90 Å². The Kier molecular flexibility index (Phi) is 4.48. The second kappa shape index (κ2) is 6.39. The molecule has 1 aromatic carbocycles. The zero-order valence-electron chi connectivity index (χ0n) is 12.7. The highest BCUT2D eigenvalue weighted by molar-refractivity contribution is 5.77. The van der Waals surface area contributed by atoms with Crippen molar-refractivity contribution in [3.8, 4) is 0 Å². The Morgan fingerprint density at radius 2 is 1.96 bits per heavy atom. The first kappa shape index (κ1) is 16.1. The van der Waals surface area contributed by atoms with Crippen molar-refractivity contribution in [2.24, 2.45) is 0 Å². The molecule has 2 aliphatic rings. The number of carbonyl (C=O) groups excluding carboxylic acids is 1. The van der Waals surface area contributed by atoms with Gasteiger partial charge in [0.1, 0.15) is 6.04 Å². The molecule has 1 atom stereocenters. The molecule has 0 amide bonds. The van der Waals surface area contributed by atoms with Crippen molar-refractivity contribution < 1.29 is 22.7 Å². The van der Waals surface area contributed by atoms with E-state index in [0.717, 1.165) is 19.0 Å². The van der Waals surface area contributed by atoms with Gasteiger partial charge in [-0.3, -0.25) is 9.69 Å². The number of halogens is 3. The van der Waals surface area contributed by atoms with Gasteiger partial charge < -0.3 is 9.64 Å². The molecule has 3 rings (SSSR count). The average Bonchev–Trinajstić information content (AvgIpc) is 2.80. The zero-order chi connectivity index (χ0) is 16.4. The Balaban J connectivity index is 1.69. The van der Waals surface area contributed by atoms with E-state index in [9.17, 15) is 18.0 Å². The van der Waals surface area contributed by atoms with Gasteiger partial charge in [0.2, 0.25) is 0 Å². The summed E-state index contributed by atoms with van der Waals surface area (Å²) in [5, 5.41) is 0. The van der Waals surface area contributed by atoms with Crippen LogP contribution in [0.5, 0.6) is 0 Å². The number of cyclic esters (lactones) is 1. The van der Waals surface area contributed by atoms with Gasteiger partial charge in [-0.15, -0.1) is 0 Å². The van der Waals surface area contributed by atoms with Gasteiger partial charge in [0.05, 0.1) is 12.2 Å². The van der Waals surface area contributed by atoms with Crippen LogP contribution in [0.25, 0.3) is 0 Å². The van der Waals surface area contributed by atoms with Crippen molar-refractivity contribution in [2.45, 2.75) is 25.1 Å². The molecule has 7 heteroatoms. The molecule has 4 nitrogen and oxygen atoms in total. The van der Waals surface area contributed by atoms with Gasteiger partial charge in [-0.25, -0.2) is 0 Å². The van der Waals surface area contributed by atoms with Crippen LogP contribution in [0.1, 0.15) is 18.4 Å². The van der Waals surface area contributed by atoms with Crippen molar-refractivity contribution in [3.05, 3.63) is 29.8 Å². The molecule has 0 unspecified atom stereocenters. The molecule has 0 radical (unpaired) electrons. The summed E-state index contributed by atoms with van der Waals surface area (Å²) in [4.78, 5) is 15.7. The van der Waals surface area contributed by atoms with Crippen molar-refractivity contribution in [2.75, 3.05) is 37.7 Å². The summed E-state index contributed by atoms with van der Waals surface area (Å²) >= 11 is 0. The number of ether oxygens (including phenoxy) is 1. The second-order valence-electron chi connectivity index (χ2n) is 5.90. The van der Waals surface area contributed by atoms with E-state index in [4.69, 9.17) is 4.74 Å². The fourth-order valence-electron chi connectivity index (χ4n) is 3.20. The third-order valence-electron chi connectivity index (χ3n) is 4.42. The topological polar surface area (TPSA) is 32.8 Å². The minimum Gasteiger partial charge on any atom is -0.464 e. The molecule has 0 saturated carbocycles. The standard InChI is InChI=1S/C16H19F3N2O2/c17-16(18,19)12-3-1-4-13(11-12)20-6-2-7-21(9-8-20)14-5-10-23-15(14)22/h1,3-4,11,14H,2,5-10H2/t14-/m0/s1. The highest BCUT2D eigenvalue weighted by Crippen LogP contribution is 2.32. The Labute approximate surface area is 132 Å². The molecule has 0 bridgehead atoms. The quantitative estimate of drug-likeness (QED) is 0.781. The molecule has 0 aliphatic carbocycles. The summed E-state index contributed by atoms with van der Waals surface area (Å²) < 4.78 is 43.5. The molecule has 126 valence electrons. The van der Waals surface area contributed by atoms with E-state index >= 15 is 0 Å². The van der Waals surface area contributed by atoms with Gasteiger partial charge in [0, 0.05) is 38.3 Å². The van der Waals surface area contributed by atoms with Crippen LogP contribution in [0.2, 0.25) is 0 Å². The van der Waals surface area contributed by atoms with Crippen LogP contribution in [0.4, 0.5) is 18.9 Å². The Morgan fingerprint density at radius 1 is 1.13 bits per heavy atom. The predicted molar refractivity (Wildman–Crippen MR) is 79.2 cm³/mol. The van der Waals surface area contributed by atoms with Gasteiger partial charge in [0.25, 0.3) is 0 Å². The number of rotatable bonds is 2. The summed E-state index contributed by atoms with van der Waals surface area (Å²) in [5.41, 5.74) is -0.0499. The lowest BCUT2D eigenvalue weighted by Crippen LogP contribution is -2.41. The highest BCUT2D eigenvalue weighted by atomic mass is 19.4. The monoisotopic (exact) mass is 328 g/mol. The number of esters is 1. The smallest absolute Gasteiger partial charge is 0.416 e. The molecule has 2 aliphatic heterocycles. The minimum absolute atomic E-state index is 0.183. The first-order valence-electron chi connectivity index (χ1n) is 7.78. The number of hydrogen-bond acceptors (Lipinski definition) is 4. The number of alkyl halides is 3. The van der Waals surface area contributed by atoms with Crippen molar-refractivity contribution in [3.63, 3.8) is 0 Å². The van der Waals surface area contributed by atoms with E-state index in [1.165, 1.54) is 12.1 Å². The Hall–Kier alpha value is -1.76. The van der Waals surface area contributed by atoms with Crippen LogP contribution in [0.3, 0.4) is 0 Å². The Morgan fingerprint density at radius 3 is 2.65 bits per heavy atom. The number of hydrogen-bond donors (Lipinski definition) is 0. The van der Waals surface area contributed by atoms with Gasteiger partial charge in [-0.05, 0) is 24.6 Å². The molecule has 0 N–H and O–H groups in total. The van der Waals surface area contributed by atoms with Gasteiger partial charge in [0.15, 0.2) is 0 Å². The fraction of sp³-hybridized carbons (Fsp3) is 0.562. The van der Waals surface area contributed by atoms with Gasteiger partial charge in [-0.1, -0.05) is 6.07 Å². The predicted octanol–water partition coefficient (Wildman–Crippen LogP) is 2.53. The third kappa shape index (κ3) is 3.60. The lowest BCUT2D eigenvalue weighted by Gasteiger charge is -2.26. The molecule has 2 heterocycles. The molecule has 2 saturated heterocycles. The molecule has 0 aromatic heterocycles. The zero-order valence-corrected chi connectivity index (χ0v) is 12.7. The highest BCUT2D eigenvalue weighted by Gasteiger charge is 2.34. The normalized spacial score (nSPS) is 23.7. The third-order valence-corrected chi connectivity index (χ3v) is 4.42. The van der Waals surface area contributed by atoms with Crippen LogP contribution in [0.15, 0.2) is 24.3 Å². The van der Waals surface area contributed by atoms with E-state index in [0.29, 0.717) is 38.3 Å². The molecule has 23 heavy (non-hydrogen) atoms. The maximum absolute atomic E-state index is 12.8.